The molecular weight excluding hydrogens is 400 g/mol. The van der Waals surface area contributed by atoms with Crippen molar-refractivity contribution in [3.63, 3.8) is 0 Å². The summed E-state index contributed by atoms with van der Waals surface area (Å²) in [7, 11) is 0. The lowest BCUT2D eigenvalue weighted by Gasteiger charge is -2.24. The predicted molar refractivity (Wildman–Crippen MR) is 118 cm³/mol. The van der Waals surface area contributed by atoms with Crippen molar-refractivity contribution in [2.75, 3.05) is 16.8 Å². The van der Waals surface area contributed by atoms with Gasteiger partial charge in [0.05, 0.1) is 5.69 Å². The van der Waals surface area contributed by atoms with Crippen LogP contribution in [0.4, 0.5) is 11.4 Å². The van der Waals surface area contributed by atoms with Gasteiger partial charge in [0.2, 0.25) is 5.91 Å². The first-order valence-corrected chi connectivity index (χ1v) is 9.95. The Morgan fingerprint density at radius 1 is 1.07 bits per heavy atom. The Kier molecular flexibility index (Phi) is 5.10. The molecule has 0 radical (unpaired) electrons. The fourth-order valence-electron chi connectivity index (χ4n) is 3.80. The second-order valence-corrected chi connectivity index (χ2v) is 7.93. The Labute approximate surface area is 179 Å². The van der Waals surface area contributed by atoms with Crippen LogP contribution >= 0.6 is 11.6 Å². The number of hydrogen-bond donors (Lipinski definition) is 2. The van der Waals surface area contributed by atoms with Crippen LogP contribution in [0.3, 0.4) is 0 Å². The average molecular weight is 421 g/mol. The highest BCUT2D eigenvalue weighted by Crippen LogP contribution is 2.44. The quantitative estimate of drug-likeness (QED) is 0.665. The van der Waals surface area contributed by atoms with Crippen LogP contribution in [0.25, 0.3) is 0 Å². The molecule has 0 spiro atoms. The summed E-state index contributed by atoms with van der Waals surface area (Å²) in [6.07, 6.45) is 0. The van der Waals surface area contributed by atoms with E-state index in [2.05, 4.69) is 5.32 Å². The molecular formula is C24H21ClN2O3. The first-order valence-electron chi connectivity index (χ1n) is 9.57. The number of amides is 2. The van der Waals surface area contributed by atoms with E-state index in [0.29, 0.717) is 27.5 Å². The highest BCUT2D eigenvalue weighted by Gasteiger charge is 2.51. The minimum absolute atomic E-state index is 0.226. The van der Waals surface area contributed by atoms with E-state index in [0.717, 1.165) is 11.1 Å². The molecule has 0 saturated heterocycles. The average Bonchev–Trinajstić information content (AvgIpc) is 2.94. The molecule has 1 unspecified atom stereocenters. The van der Waals surface area contributed by atoms with Crippen molar-refractivity contribution in [3.8, 4) is 0 Å². The van der Waals surface area contributed by atoms with E-state index < -0.39 is 11.5 Å². The molecule has 3 aromatic carbocycles. The van der Waals surface area contributed by atoms with Crippen molar-refractivity contribution in [1.82, 2.24) is 0 Å². The summed E-state index contributed by atoms with van der Waals surface area (Å²) in [5.41, 5.74) is 2.00. The van der Waals surface area contributed by atoms with Gasteiger partial charge in [-0.15, -0.1) is 0 Å². The highest BCUT2D eigenvalue weighted by molar-refractivity contribution is 6.31. The normalized spacial score (nSPS) is 17.7. The van der Waals surface area contributed by atoms with Crippen LogP contribution in [0.1, 0.15) is 22.3 Å². The van der Waals surface area contributed by atoms with Crippen molar-refractivity contribution in [2.45, 2.75) is 19.4 Å². The van der Waals surface area contributed by atoms with E-state index in [1.807, 2.05) is 26.0 Å². The van der Waals surface area contributed by atoms with Crippen molar-refractivity contribution in [1.29, 1.82) is 0 Å². The van der Waals surface area contributed by atoms with Crippen LogP contribution in [0.5, 0.6) is 0 Å². The molecule has 30 heavy (non-hydrogen) atoms. The van der Waals surface area contributed by atoms with Crippen LogP contribution in [0.2, 0.25) is 5.02 Å². The largest absolute Gasteiger partial charge is 0.372 e. The van der Waals surface area contributed by atoms with Gasteiger partial charge >= 0.3 is 0 Å². The maximum atomic E-state index is 13.4. The Bertz CT molecular complexity index is 1160. The van der Waals surface area contributed by atoms with Gasteiger partial charge in [-0.05, 0) is 43.2 Å². The molecule has 2 amide bonds. The van der Waals surface area contributed by atoms with Gasteiger partial charge < -0.3 is 10.4 Å². The van der Waals surface area contributed by atoms with E-state index in [1.54, 1.807) is 54.6 Å². The SMILES string of the molecule is Cc1cccc(C2(O)C(=O)N(CC(=O)Nc3cc(Cl)ccc3C)c3ccccc32)c1. The van der Waals surface area contributed by atoms with Gasteiger partial charge in [-0.3, -0.25) is 14.5 Å². The number of halogens is 1. The Morgan fingerprint density at radius 2 is 1.83 bits per heavy atom. The number of aryl methyl sites for hydroxylation is 2. The third-order valence-corrected chi connectivity index (χ3v) is 5.59. The van der Waals surface area contributed by atoms with Gasteiger partial charge in [0.15, 0.2) is 5.60 Å². The summed E-state index contributed by atoms with van der Waals surface area (Å²) < 4.78 is 0. The molecule has 2 N–H and O–H groups in total. The third kappa shape index (κ3) is 3.36. The number of aliphatic hydroxyl groups is 1. The van der Waals surface area contributed by atoms with Gasteiger partial charge in [-0.1, -0.05) is 65.7 Å². The van der Waals surface area contributed by atoms with E-state index in [4.69, 9.17) is 11.6 Å². The third-order valence-electron chi connectivity index (χ3n) is 5.35. The number of carbonyl (C=O) groups is 2. The summed E-state index contributed by atoms with van der Waals surface area (Å²) in [6.45, 7) is 3.53. The van der Waals surface area contributed by atoms with Crippen molar-refractivity contribution in [3.05, 3.63) is 94.0 Å². The summed E-state index contributed by atoms with van der Waals surface area (Å²) >= 11 is 6.03. The first kappa shape index (κ1) is 20.1. The standard InChI is InChI=1S/C24H21ClN2O3/c1-15-6-5-7-17(12-15)24(30)19-8-3-4-9-21(19)27(23(24)29)14-22(28)26-20-13-18(25)11-10-16(20)2/h3-13,30H,14H2,1-2H3,(H,26,28). The smallest absolute Gasteiger partial charge is 0.268 e. The zero-order chi connectivity index (χ0) is 21.5. The highest BCUT2D eigenvalue weighted by atomic mass is 35.5. The fraction of sp³-hybridized carbons (Fsp3) is 0.167. The van der Waals surface area contributed by atoms with Gasteiger partial charge in [0.25, 0.3) is 5.91 Å². The Balaban J connectivity index is 1.67. The topological polar surface area (TPSA) is 69.6 Å². The van der Waals surface area contributed by atoms with Crippen molar-refractivity contribution < 1.29 is 14.7 Å². The Morgan fingerprint density at radius 3 is 2.60 bits per heavy atom. The number of rotatable bonds is 4. The number of benzene rings is 3. The number of anilines is 2. The molecule has 0 fully saturated rings. The predicted octanol–water partition coefficient (Wildman–Crippen LogP) is 4.18. The minimum Gasteiger partial charge on any atom is -0.372 e. The second kappa shape index (κ2) is 7.59. The second-order valence-electron chi connectivity index (χ2n) is 7.50. The maximum absolute atomic E-state index is 13.4. The minimum atomic E-state index is -1.84. The van der Waals surface area contributed by atoms with Gasteiger partial charge in [0, 0.05) is 16.3 Å². The van der Waals surface area contributed by atoms with Gasteiger partial charge in [0.1, 0.15) is 6.54 Å². The van der Waals surface area contributed by atoms with Crippen LogP contribution in [-0.2, 0) is 15.2 Å². The number of fused-ring (bicyclic) bond motifs is 1. The lowest BCUT2D eigenvalue weighted by Crippen LogP contribution is -2.44. The molecule has 0 saturated carbocycles. The summed E-state index contributed by atoms with van der Waals surface area (Å²) in [5, 5.41) is 14.8. The van der Waals surface area contributed by atoms with Crippen LogP contribution in [0, 0.1) is 13.8 Å². The van der Waals surface area contributed by atoms with Crippen molar-refractivity contribution in [2.24, 2.45) is 0 Å². The molecule has 5 nitrogen and oxygen atoms in total. The van der Waals surface area contributed by atoms with Crippen LogP contribution in [-0.4, -0.2) is 23.5 Å². The van der Waals surface area contributed by atoms with Crippen molar-refractivity contribution >= 4 is 34.8 Å². The number of nitrogens with zero attached hydrogens (tertiary/aromatic N) is 1. The summed E-state index contributed by atoms with van der Waals surface area (Å²) in [5.74, 6) is -0.927. The van der Waals surface area contributed by atoms with E-state index in [1.165, 1.54) is 4.90 Å². The number of nitrogens with one attached hydrogen (secondary N) is 1. The lowest BCUT2D eigenvalue weighted by atomic mass is 9.87. The van der Waals surface area contributed by atoms with Gasteiger partial charge in [-0.2, -0.15) is 0 Å². The molecule has 0 bridgehead atoms. The molecule has 1 aliphatic rings. The van der Waals surface area contributed by atoms with E-state index in [9.17, 15) is 14.7 Å². The Hall–Kier alpha value is -3.15. The number of carbonyl (C=O) groups excluding carboxylic acids is 2. The lowest BCUT2D eigenvalue weighted by molar-refractivity contribution is -0.133. The monoisotopic (exact) mass is 420 g/mol. The molecule has 4 rings (SSSR count). The first-order chi connectivity index (χ1) is 14.3. The fourth-order valence-corrected chi connectivity index (χ4v) is 3.98. The zero-order valence-corrected chi connectivity index (χ0v) is 17.4. The summed E-state index contributed by atoms with van der Waals surface area (Å²) in [4.78, 5) is 27.5. The molecule has 1 atom stereocenters. The molecule has 1 heterocycles. The zero-order valence-electron chi connectivity index (χ0n) is 16.6. The molecule has 1 aliphatic heterocycles. The summed E-state index contributed by atoms with van der Waals surface area (Å²) in [6, 6.07) is 19.4. The molecule has 3 aromatic rings. The van der Waals surface area contributed by atoms with E-state index in [-0.39, 0.29) is 12.5 Å². The van der Waals surface area contributed by atoms with Gasteiger partial charge in [-0.25, -0.2) is 0 Å². The maximum Gasteiger partial charge on any atom is 0.268 e. The number of para-hydroxylation sites is 1. The van der Waals surface area contributed by atoms with Crippen LogP contribution in [0.15, 0.2) is 66.7 Å². The molecule has 152 valence electrons. The van der Waals surface area contributed by atoms with Crippen LogP contribution < -0.4 is 10.2 Å². The molecule has 6 heteroatoms. The molecule has 0 aliphatic carbocycles. The van der Waals surface area contributed by atoms with E-state index >= 15 is 0 Å². The number of hydrogen-bond acceptors (Lipinski definition) is 3. The molecule has 0 aromatic heterocycles.